The summed E-state index contributed by atoms with van der Waals surface area (Å²) in [4.78, 5) is 46.3. The molecule has 0 saturated carbocycles. The highest BCUT2D eigenvalue weighted by Crippen LogP contribution is 2.20. The highest BCUT2D eigenvalue weighted by molar-refractivity contribution is 6.00. The number of nitrogens with zero attached hydrogens (tertiary/aromatic N) is 1. The van der Waals surface area contributed by atoms with Gasteiger partial charge in [-0.3, -0.25) is 30.6 Å². The fraction of sp³-hybridized carbons (Fsp3) is 0.0556. The molecule has 0 atom stereocenters. The number of hydrogen-bond acceptors (Lipinski definition) is 7. The minimum Gasteiger partial charge on any atom is -0.497 e. The molecule has 10 nitrogen and oxygen atoms in total. The Kier molecular flexibility index (Phi) is 5.03. The standard InChI is InChI=1S/C18H13N3O7/c1-27-13-7-4-11-8-14(18(24)28-15(11)9-13)17(23)20-19-16(22)10-2-5-12(6-3-10)21(25)26/h2-9H,1H3,(H,19,22)(H,20,23). The number of carbonyl (C=O) groups is 2. The average Bonchev–Trinajstić information content (AvgIpc) is 2.70. The molecular weight excluding hydrogens is 370 g/mol. The number of hydrogen-bond donors (Lipinski definition) is 2. The van der Waals surface area contributed by atoms with Gasteiger partial charge in [0.25, 0.3) is 17.5 Å². The zero-order valence-electron chi connectivity index (χ0n) is 14.4. The van der Waals surface area contributed by atoms with Gasteiger partial charge in [0.15, 0.2) is 0 Å². The van der Waals surface area contributed by atoms with E-state index in [0.717, 1.165) is 12.1 Å². The first-order chi connectivity index (χ1) is 13.4. The Morgan fingerprint density at radius 2 is 1.71 bits per heavy atom. The van der Waals surface area contributed by atoms with E-state index < -0.39 is 22.4 Å². The lowest BCUT2D eigenvalue weighted by Crippen LogP contribution is -2.43. The van der Waals surface area contributed by atoms with Crippen molar-refractivity contribution in [1.29, 1.82) is 0 Å². The molecule has 0 spiro atoms. The van der Waals surface area contributed by atoms with E-state index in [0.29, 0.717) is 11.1 Å². The van der Waals surface area contributed by atoms with E-state index in [-0.39, 0.29) is 22.4 Å². The third kappa shape index (κ3) is 3.80. The normalized spacial score (nSPS) is 10.3. The number of rotatable bonds is 4. The lowest BCUT2D eigenvalue weighted by atomic mass is 10.1. The van der Waals surface area contributed by atoms with E-state index in [1.807, 2.05) is 0 Å². The lowest BCUT2D eigenvalue weighted by Gasteiger charge is -2.07. The van der Waals surface area contributed by atoms with Crippen LogP contribution in [-0.4, -0.2) is 23.8 Å². The van der Waals surface area contributed by atoms with Gasteiger partial charge in [-0.25, -0.2) is 4.79 Å². The lowest BCUT2D eigenvalue weighted by molar-refractivity contribution is -0.384. The fourth-order valence-corrected chi connectivity index (χ4v) is 2.36. The van der Waals surface area contributed by atoms with Crippen molar-refractivity contribution in [1.82, 2.24) is 10.9 Å². The molecular formula is C18H13N3O7. The van der Waals surface area contributed by atoms with Crippen LogP contribution in [0.25, 0.3) is 11.0 Å². The van der Waals surface area contributed by atoms with Crippen LogP contribution in [0.4, 0.5) is 5.69 Å². The van der Waals surface area contributed by atoms with Gasteiger partial charge >= 0.3 is 5.63 Å². The molecule has 3 aromatic rings. The molecule has 3 rings (SSSR count). The van der Waals surface area contributed by atoms with E-state index in [1.165, 1.54) is 31.4 Å². The van der Waals surface area contributed by atoms with Gasteiger partial charge in [0.1, 0.15) is 16.9 Å². The molecule has 1 aromatic heterocycles. The summed E-state index contributed by atoms with van der Waals surface area (Å²) in [5.41, 5.74) is 3.20. The van der Waals surface area contributed by atoms with Crippen LogP contribution in [0.2, 0.25) is 0 Å². The monoisotopic (exact) mass is 383 g/mol. The van der Waals surface area contributed by atoms with Crippen LogP contribution in [0.1, 0.15) is 20.7 Å². The number of hydrazine groups is 1. The van der Waals surface area contributed by atoms with Gasteiger partial charge < -0.3 is 9.15 Å². The fourth-order valence-electron chi connectivity index (χ4n) is 2.36. The van der Waals surface area contributed by atoms with E-state index in [2.05, 4.69) is 10.9 Å². The molecule has 0 aliphatic rings. The summed E-state index contributed by atoms with van der Waals surface area (Å²) < 4.78 is 10.2. The third-order valence-electron chi connectivity index (χ3n) is 3.82. The molecule has 28 heavy (non-hydrogen) atoms. The second-order valence-corrected chi connectivity index (χ2v) is 5.56. The van der Waals surface area contributed by atoms with Crippen molar-refractivity contribution < 1.29 is 23.7 Å². The van der Waals surface area contributed by atoms with Crippen LogP contribution in [-0.2, 0) is 0 Å². The molecule has 0 radical (unpaired) electrons. The van der Waals surface area contributed by atoms with Gasteiger partial charge in [-0.05, 0) is 30.3 Å². The molecule has 0 fully saturated rings. The Labute approximate surface area is 156 Å². The molecule has 0 bridgehead atoms. The zero-order valence-corrected chi connectivity index (χ0v) is 14.4. The zero-order chi connectivity index (χ0) is 20.3. The molecule has 0 unspecified atom stereocenters. The maximum Gasteiger partial charge on any atom is 0.349 e. The van der Waals surface area contributed by atoms with E-state index in [1.54, 1.807) is 12.1 Å². The summed E-state index contributed by atoms with van der Waals surface area (Å²) in [6, 6.07) is 10.9. The summed E-state index contributed by atoms with van der Waals surface area (Å²) in [7, 11) is 1.47. The summed E-state index contributed by atoms with van der Waals surface area (Å²) in [5.74, 6) is -1.09. The summed E-state index contributed by atoms with van der Waals surface area (Å²) in [6.07, 6.45) is 0. The highest BCUT2D eigenvalue weighted by Gasteiger charge is 2.16. The number of nitro groups is 1. The van der Waals surface area contributed by atoms with Crippen molar-refractivity contribution in [2.24, 2.45) is 0 Å². The average molecular weight is 383 g/mol. The summed E-state index contributed by atoms with van der Waals surface area (Å²) >= 11 is 0. The third-order valence-corrected chi connectivity index (χ3v) is 3.82. The molecule has 142 valence electrons. The highest BCUT2D eigenvalue weighted by atomic mass is 16.6. The molecule has 2 amide bonds. The molecule has 0 saturated heterocycles. The summed E-state index contributed by atoms with van der Waals surface area (Å²) in [6.45, 7) is 0. The van der Waals surface area contributed by atoms with E-state index in [4.69, 9.17) is 9.15 Å². The largest absolute Gasteiger partial charge is 0.497 e. The van der Waals surface area contributed by atoms with Gasteiger partial charge in [0.05, 0.1) is 12.0 Å². The van der Waals surface area contributed by atoms with Gasteiger partial charge in [-0.15, -0.1) is 0 Å². The first-order valence-electron chi connectivity index (χ1n) is 7.86. The van der Waals surface area contributed by atoms with Gasteiger partial charge in [-0.2, -0.15) is 0 Å². The second kappa shape index (κ2) is 7.58. The Morgan fingerprint density at radius 3 is 2.36 bits per heavy atom. The van der Waals surface area contributed by atoms with Crippen LogP contribution in [0, 0.1) is 10.1 Å². The predicted octanol–water partition coefficient (Wildman–Crippen LogP) is 1.78. The minimum atomic E-state index is -0.886. The molecule has 10 heteroatoms. The van der Waals surface area contributed by atoms with Crippen molar-refractivity contribution >= 4 is 28.5 Å². The SMILES string of the molecule is COc1ccc2cc(C(=O)NNC(=O)c3ccc([N+](=O)[O-])cc3)c(=O)oc2c1. The van der Waals surface area contributed by atoms with Crippen LogP contribution >= 0.6 is 0 Å². The van der Waals surface area contributed by atoms with Crippen molar-refractivity contribution in [3.8, 4) is 5.75 Å². The number of nitrogens with one attached hydrogen (secondary N) is 2. The second-order valence-electron chi connectivity index (χ2n) is 5.56. The number of amides is 2. The van der Waals surface area contributed by atoms with Crippen molar-refractivity contribution in [3.63, 3.8) is 0 Å². The first kappa shape index (κ1) is 18.6. The van der Waals surface area contributed by atoms with E-state index in [9.17, 15) is 24.5 Å². The van der Waals surface area contributed by atoms with Gasteiger partial charge in [-0.1, -0.05) is 0 Å². The Balaban J connectivity index is 1.73. The number of benzene rings is 2. The van der Waals surface area contributed by atoms with Gasteiger partial charge in [0, 0.05) is 29.1 Å². The van der Waals surface area contributed by atoms with E-state index >= 15 is 0 Å². The predicted molar refractivity (Wildman–Crippen MR) is 97.1 cm³/mol. The summed E-state index contributed by atoms with van der Waals surface area (Å²) in [5, 5.41) is 11.1. The molecule has 2 N–H and O–H groups in total. The Morgan fingerprint density at radius 1 is 1.04 bits per heavy atom. The number of methoxy groups -OCH3 is 1. The molecule has 1 heterocycles. The number of ether oxygens (including phenoxy) is 1. The van der Waals surface area contributed by atoms with Crippen LogP contribution < -0.4 is 21.2 Å². The maximum atomic E-state index is 12.2. The smallest absolute Gasteiger partial charge is 0.349 e. The number of nitro benzene ring substituents is 1. The topological polar surface area (TPSA) is 141 Å². The van der Waals surface area contributed by atoms with Crippen molar-refractivity contribution in [3.05, 3.63) is 80.2 Å². The number of carbonyl (C=O) groups excluding carboxylic acids is 2. The molecule has 2 aromatic carbocycles. The number of non-ortho nitro benzene ring substituents is 1. The van der Waals surface area contributed by atoms with Crippen molar-refractivity contribution in [2.45, 2.75) is 0 Å². The van der Waals surface area contributed by atoms with Gasteiger partial charge in [0.2, 0.25) is 0 Å². The minimum absolute atomic E-state index is 0.0866. The molecule has 0 aliphatic carbocycles. The quantitative estimate of drug-likeness (QED) is 0.397. The van der Waals surface area contributed by atoms with Crippen LogP contribution in [0.5, 0.6) is 5.75 Å². The van der Waals surface area contributed by atoms with Crippen LogP contribution in [0.3, 0.4) is 0 Å². The van der Waals surface area contributed by atoms with Crippen LogP contribution in [0.15, 0.2) is 57.7 Å². The first-order valence-corrected chi connectivity index (χ1v) is 7.86. The maximum absolute atomic E-state index is 12.2. The van der Waals surface area contributed by atoms with Crippen molar-refractivity contribution in [2.75, 3.05) is 7.11 Å². The Bertz CT molecular complexity index is 1140. The Hall–Kier alpha value is -4.21. The number of fused-ring (bicyclic) bond motifs is 1. The molecule has 0 aliphatic heterocycles.